The van der Waals surface area contributed by atoms with Gasteiger partial charge in [0.05, 0.1) is 28.7 Å². The highest BCUT2D eigenvalue weighted by Crippen LogP contribution is 2.34. The molecule has 0 fully saturated rings. The third kappa shape index (κ3) is 3.29. The lowest BCUT2D eigenvalue weighted by molar-refractivity contribution is -0.107. The van der Waals surface area contributed by atoms with Crippen LogP contribution in [0.4, 0.5) is 11.5 Å². The number of halogens is 1. The smallest absolute Gasteiger partial charge is 0.213 e. The second kappa shape index (κ2) is 7.32. The van der Waals surface area contributed by atoms with Crippen molar-refractivity contribution in [1.82, 2.24) is 19.9 Å². The van der Waals surface area contributed by atoms with E-state index in [4.69, 9.17) is 5.73 Å². The van der Waals surface area contributed by atoms with Crippen LogP contribution in [0, 0.1) is 0 Å². The molecule has 0 aliphatic carbocycles. The van der Waals surface area contributed by atoms with Gasteiger partial charge in [0.15, 0.2) is 5.65 Å². The first-order chi connectivity index (χ1) is 13.6. The van der Waals surface area contributed by atoms with E-state index in [1.165, 1.54) is 11.2 Å². The van der Waals surface area contributed by atoms with Gasteiger partial charge in [-0.2, -0.15) is 0 Å². The number of aromatic nitrogens is 4. The molecule has 0 unspecified atom stereocenters. The summed E-state index contributed by atoms with van der Waals surface area (Å²) in [6, 6.07) is 13.5. The molecule has 1 aromatic carbocycles. The van der Waals surface area contributed by atoms with Crippen LogP contribution in [0.15, 0.2) is 59.5 Å². The summed E-state index contributed by atoms with van der Waals surface area (Å²) >= 11 is 3.51. The van der Waals surface area contributed by atoms with E-state index in [1.54, 1.807) is 13.2 Å². The summed E-state index contributed by atoms with van der Waals surface area (Å²) in [7, 11) is 1.67. The van der Waals surface area contributed by atoms with Crippen molar-refractivity contribution in [2.45, 2.75) is 0 Å². The topological polar surface area (TPSA) is 97.9 Å². The number of amides is 1. The van der Waals surface area contributed by atoms with Crippen molar-refractivity contribution < 1.29 is 4.79 Å². The summed E-state index contributed by atoms with van der Waals surface area (Å²) in [6.45, 7) is 0. The molecule has 8 heteroatoms. The normalized spacial score (nSPS) is 10.8. The van der Waals surface area contributed by atoms with Crippen molar-refractivity contribution in [3.05, 3.63) is 59.5 Å². The van der Waals surface area contributed by atoms with E-state index in [2.05, 4.69) is 35.9 Å². The van der Waals surface area contributed by atoms with Crippen LogP contribution in [0.25, 0.3) is 33.5 Å². The molecule has 2 N–H and O–H groups in total. The van der Waals surface area contributed by atoms with Gasteiger partial charge in [0.2, 0.25) is 6.41 Å². The zero-order valence-electron chi connectivity index (χ0n) is 14.9. The van der Waals surface area contributed by atoms with E-state index in [1.807, 2.05) is 42.5 Å². The van der Waals surface area contributed by atoms with Crippen molar-refractivity contribution in [2.75, 3.05) is 17.7 Å². The van der Waals surface area contributed by atoms with Crippen molar-refractivity contribution in [2.24, 2.45) is 0 Å². The molecule has 4 rings (SSSR count). The Morgan fingerprint density at radius 1 is 1.07 bits per heavy atom. The van der Waals surface area contributed by atoms with E-state index < -0.39 is 0 Å². The highest BCUT2D eigenvalue weighted by atomic mass is 79.9. The number of benzene rings is 1. The molecular weight excluding hydrogens is 420 g/mol. The number of carbonyl (C=O) groups is 1. The second-order valence-electron chi connectivity index (χ2n) is 6.14. The van der Waals surface area contributed by atoms with Crippen molar-refractivity contribution in [1.29, 1.82) is 0 Å². The molecule has 0 saturated carbocycles. The van der Waals surface area contributed by atoms with E-state index >= 15 is 0 Å². The molecule has 0 aliphatic rings. The number of nitrogens with two attached hydrogens (primary N) is 1. The average molecular weight is 435 g/mol. The molecule has 0 aliphatic heterocycles. The highest BCUT2D eigenvalue weighted by molar-refractivity contribution is 9.10. The van der Waals surface area contributed by atoms with Crippen LogP contribution in [0.3, 0.4) is 0 Å². The Hall–Kier alpha value is -3.39. The fourth-order valence-corrected chi connectivity index (χ4v) is 3.31. The average Bonchev–Trinajstić information content (AvgIpc) is 2.72. The van der Waals surface area contributed by atoms with E-state index in [0.29, 0.717) is 33.9 Å². The summed E-state index contributed by atoms with van der Waals surface area (Å²) in [6.07, 6.45) is 3.76. The molecule has 28 heavy (non-hydrogen) atoms. The monoisotopic (exact) mass is 434 g/mol. The first-order valence-corrected chi connectivity index (χ1v) is 9.18. The fourth-order valence-electron chi connectivity index (χ4n) is 2.91. The lowest BCUT2D eigenvalue weighted by Gasteiger charge is -2.12. The van der Waals surface area contributed by atoms with Gasteiger partial charge in [-0.3, -0.25) is 9.78 Å². The van der Waals surface area contributed by atoms with E-state index in [9.17, 15) is 4.79 Å². The summed E-state index contributed by atoms with van der Waals surface area (Å²) in [5.41, 5.74) is 10.5. The van der Waals surface area contributed by atoms with Crippen LogP contribution in [0.5, 0.6) is 0 Å². The highest BCUT2D eigenvalue weighted by Gasteiger charge is 2.14. The summed E-state index contributed by atoms with van der Waals surface area (Å²) in [5.74, 6) is 0.370. The third-order valence-corrected chi connectivity index (χ3v) is 4.84. The Balaban J connectivity index is 1.92. The minimum Gasteiger partial charge on any atom is -0.383 e. The predicted octanol–water partition coefficient (Wildman–Crippen LogP) is 3.69. The first-order valence-electron chi connectivity index (χ1n) is 8.38. The Morgan fingerprint density at radius 3 is 2.64 bits per heavy atom. The molecule has 0 bridgehead atoms. The Bertz CT molecular complexity index is 1180. The summed E-state index contributed by atoms with van der Waals surface area (Å²) < 4.78 is 0.950. The number of rotatable bonds is 4. The van der Waals surface area contributed by atoms with Gasteiger partial charge < -0.3 is 10.6 Å². The van der Waals surface area contributed by atoms with Gasteiger partial charge in [0.25, 0.3) is 0 Å². The van der Waals surface area contributed by atoms with E-state index in [-0.39, 0.29) is 0 Å². The number of hydrogen-bond donors (Lipinski definition) is 1. The minimum atomic E-state index is 0.370. The van der Waals surface area contributed by atoms with Gasteiger partial charge in [0, 0.05) is 11.5 Å². The van der Waals surface area contributed by atoms with Crippen LogP contribution in [0.2, 0.25) is 0 Å². The fraction of sp³-hybridized carbons (Fsp3) is 0.0500. The first kappa shape index (κ1) is 18.0. The van der Waals surface area contributed by atoms with Crippen LogP contribution < -0.4 is 10.6 Å². The van der Waals surface area contributed by atoms with Crippen molar-refractivity contribution in [3.8, 4) is 22.5 Å². The number of hydrogen-bond acceptors (Lipinski definition) is 6. The molecule has 0 spiro atoms. The Kier molecular flexibility index (Phi) is 4.70. The third-order valence-electron chi connectivity index (χ3n) is 4.34. The van der Waals surface area contributed by atoms with Crippen LogP contribution >= 0.6 is 15.9 Å². The zero-order valence-corrected chi connectivity index (χ0v) is 16.5. The zero-order chi connectivity index (χ0) is 19.7. The molecule has 138 valence electrons. The molecule has 3 heterocycles. The maximum absolute atomic E-state index is 10.9. The van der Waals surface area contributed by atoms with Gasteiger partial charge in [-0.15, -0.1) is 0 Å². The molecular formula is C20H15BrN6O. The number of carbonyl (C=O) groups excluding carboxylic acids is 1. The van der Waals surface area contributed by atoms with Crippen molar-refractivity contribution in [3.63, 3.8) is 0 Å². The van der Waals surface area contributed by atoms with Gasteiger partial charge in [-0.1, -0.05) is 28.1 Å². The Labute approximate surface area is 169 Å². The van der Waals surface area contributed by atoms with Crippen molar-refractivity contribution >= 4 is 44.9 Å². The number of pyridine rings is 2. The lowest BCUT2D eigenvalue weighted by atomic mass is 10.0. The molecule has 4 aromatic rings. The number of nitrogen functional groups attached to an aromatic ring is 1. The summed E-state index contributed by atoms with van der Waals surface area (Å²) in [4.78, 5) is 29.9. The maximum atomic E-state index is 10.9. The number of fused-ring (bicyclic) bond motifs is 1. The molecule has 1 amide bonds. The molecule has 0 atom stereocenters. The second-order valence-corrected chi connectivity index (χ2v) is 7.06. The molecule has 0 saturated heterocycles. The lowest BCUT2D eigenvalue weighted by Crippen LogP contribution is -2.13. The van der Waals surface area contributed by atoms with Gasteiger partial charge in [0.1, 0.15) is 12.1 Å². The molecule has 0 radical (unpaired) electrons. The Morgan fingerprint density at radius 2 is 1.93 bits per heavy atom. The quantitative estimate of drug-likeness (QED) is 0.491. The number of nitrogens with zero attached hydrogens (tertiary/aromatic N) is 5. The molecule has 7 nitrogen and oxygen atoms in total. The molecule has 3 aromatic heterocycles. The van der Waals surface area contributed by atoms with Crippen LogP contribution in [-0.2, 0) is 4.79 Å². The van der Waals surface area contributed by atoms with Gasteiger partial charge >= 0.3 is 0 Å². The summed E-state index contributed by atoms with van der Waals surface area (Å²) in [5, 5.41) is 0.696. The van der Waals surface area contributed by atoms with Gasteiger partial charge in [-0.05, 0) is 41.5 Å². The van der Waals surface area contributed by atoms with Crippen LogP contribution in [0.1, 0.15) is 0 Å². The largest absolute Gasteiger partial charge is 0.383 e. The SMILES string of the molecule is CN(C=O)c1ccc(-c2cc(-c3cccc(Br)c3)c3c(N)ncnc3n2)nc1. The standard InChI is InChI=1S/C20H15BrN6O/c1-27(11-28)14-5-6-16(23-9-14)17-8-15(12-3-2-4-13(21)7-12)18-19(22)24-10-25-20(18)26-17/h2-11H,1H3,(H2,22,24,25,26). The maximum Gasteiger partial charge on any atom is 0.213 e. The number of anilines is 2. The van der Waals surface area contributed by atoms with Crippen LogP contribution in [-0.4, -0.2) is 33.4 Å². The minimum absolute atomic E-state index is 0.370. The van der Waals surface area contributed by atoms with E-state index in [0.717, 1.165) is 22.0 Å². The van der Waals surface area contributed by atoms with Gasteiger partial charge in [-0.25, -0.2) is 15.0 Å². The predicted molar refractivity (Wildman–Crippen MR) is 113 cm³/mol.